The molecule has 7 N–H and O–H groups in total. The van der Waals surface area contributed by atoms with Crippen molar-refractivity contribution in [1.29, 1.82) is 0 Å². The molecule has 0 radical (unpaired) electrons. The molecule has 10 aromatic carbocycles. The number of thiazole rings is 1. The van der Waals surface area contributed by atoms with Gasteiger partial charge in [0.15, 0.2) is 12.2 Å². The van der Waals surface area contributed by atoms with Crippen molar-refractivity contribution in [2.45, 2.75) is 210 Å². The van der Waals surface area contributed by atoms with Gasteiger partial charge in [0.05, 0.1) is 53.6 Å². The molecule has 4 aromatic heterocycles. The number of thiophene rings is 1. The minimum atomic E-state index is -4.36. The van der Waals surface area contributed by atoms with Crippen molar-refractivity contribution in [1.82, 2.24) is 30.0 Å². The van der Waals surface area contributed by atoms with E-state index in [0.717, 1.165) is 121 Å². The van der Waals surface area contributed by atoms with Crippen LogP contribution < -0.4 is 39.4 Å². The number of H-pyrrole nitrogens is 1. The Morgan fingerprint density at radius 2 is 1.17 bits per heavy atom. The van der Waals surface area contributed by atoms with Crippen LogP contribution in [0.25, 0.3) is 21.3 Å². The summed E-state index contributed by atoms with van der Waals surface area (Å²) in [6.45, 7) is 14.9. The molecule has 788 valence electrons. The molecular weight excluding hydrogens is 2040 g/mol. The third kappa shape index (κ3) is 39.0. The van der Waals surface area contributed by atoms with Crippen molar-refractivity contribution < 1.29 is 105 Å². The van der Waals surface area contributed by atoms with Gasteiger partial charge in [0.25, 0.3) is 5.91 Å². The Balaban J connectivity index is 0.000000191. The zero-order valence-electron chi connectivity index (χ0n) is 84.0. The summed E-state index contributed by atoms with van der Waals surface area (Å²) in [4.78, 5) is 95.7. The molecule has 0 aliphatic carbocycles. The van der Waals surface area contributed by atoms with Crippen LogP contribution in [-0.2, 0) is 87.5 Å². The summed E-state index contributed by atoms with van der Waals surface area (Å²) >= 11 is 21.9. The number of aryl methyl sites for hydroxylation is 7. The summed E-state index contributed by atoms with van der Waals surface area (Å²) < 4.78 is 90.2. The van der Waals surface area contributed by atoms with Gasteiger partial charge in [-0.3, -0.25) is 14.6 Å². The fourth-order valence-corrected chi connectivity index (χ4v) is 18.2. The number of carboxylic acids is 5. The van der Waals surface area contributed by atoms with E-state index in [0.29, 0.717) is 119 Å². The van der Waals surface area contributed by atoms with Gasteiger partial charge in [-0.25, -0.2) is 43.0 Å². The first-order valence-corrected chi connectivity index (χ1v) is 52.1. The van der Waals surface area contributed by atoms with E-state index in [4.69, 9.17) is 83.0 Å². The lowest BCUT2D eigenvalue weighted by Crippen LogP contribution is -2.43. The molecule has 1 amide bonds. The lowest BCUT2D eigenvalue weighted by Gasteiger charge is -2.26. The number of nitrogens with one attached hydrogen (secondary N) is 2. The Labute approximate surface area is 890 Å². The Bertz CT molecular complexity index is 6680. The van der Waals surface area contributed by atoms with E-state index < -0.39 is 63.0 Å². The quantitative estimate of drug-likeness (QED) is 0.00806. The number of aromatic amines is 1. The van der Waals surface area contributed by atoms with E-state index in [9.17, 15) is 61.3 Å². The van der Waals surface area contributed by atoms with Crippen LogP contribution in [0, 0.1) is 39.4 Å². The number of thioether (sulfide) groups is 1. The van der Waals surface area contributed by atoms with Crippen molar-refractivity contribution in [3.8, 4) is 61.6 Å². The maximum absolute atomic E-state index is 13.0. The van der Waals surface area contributed by atoms with Crippen molar-refractivity contribution in [3.63, 3.8) is 0 Å². The number of hydrogen-bond donors (Lipinski definition) is 7. The van der Waals surface area contributed by atoms with Crippen molar-refractivity contribution in [3.05, 3.63) is 359 Å². The maximum Gasteiger partial charge on any atom is 0.416 e. The zero-order chi connectivity index (χ0) is 108. The number of alkyl halides is 5. The molecule has 35 heteroatoms. The summed E-state index contributed by atoms with van der Waals surface area (Å²) in [6.07, 6.45) is 10.0. The highest BCUT2D eigenvalue weighted by Gasteiger charge is 2.37. The second-order valence-corrected chi connectivity index (χ2v) is 40.8. The summed E-state index contributed by atoms with van der Waals surface area (Å²) in [5.41, 5.74) is 7.18. The van der Waals surface area contributed by atoms with Crippen LogP contribution in [0.4, 0.5) is 17.6 Å². The highest BCUT2D eigenvalue weighted by atomic mass is 35.5. The van der Waals surface area contributed by atoms with Gasteiger partial charge < -0.3 is 63.7 Å². The average molecular weight is 2160 g/mol. The molecule has 14 rings (SSSR count). The summed E-state index contributed by atoms with van der Waals surface area (Å²) in [5, 5.41) is 56.4. The van der Waals surface area contributed by atoms with Crippen molar-refractivity contribution in [2.24, 2.45) is 5.92 Å². The maximum atomic E-state index is 13.0. The van der Waals surface area contributed by atoms with Crippen LogP contribution in [-0.4, -0.2) is 122 Å². The van der Waals surface area contributed by atoms with Crippen LogP contribution in [0.2, 0.25) is 5.02 Å². The smallest absolute Gasteiger partial charge is 0.416 e. The number of para-hydroxylation sites is 1. The molecule has 0 aliphatic rings. The Hall–Kier alpha value is -13.8. The summed E-state index contributed by atoms with van der Waals surface area (Å²) in [7, 11) is 1.48. The number of rotatable bonds is 48. The Kier molecular flexibility index (Phi) is 45.4. The summed E-state index contributed by atoms with van der Waals surface area (Å²) in [5.74, 6) is 0.368. The zero-order valence-corrected chi connectivity index (χ0v) is 88.7. The van der Waals surface area contributed by atoms with E-state index in [1.807, 2.05) is 167 Å². The van der Waals surface area contributed by atoms with Gasteiger partial charge >= 0.3 is 41.7 Å². The molecule has 0 bridgehead atoms. The predicted octanol–water partition coefficient (Wildman–Crippen LogP) is 27.2. The number of carbonyl (C=O) groups is 6. The normalized spacial score (nSPS) is 11.8. The first-order chi connectivity index (χ1) is 71.1. The van der Waals surface area contributed by atoms with Crippen LogP contribution in [0.15, 0.2) is 268 Å². The number of nitrogens with zero attached hydrogens (tertiary/aromatic N) is 4. The van der Waals surface area contributed by atoms with Crippen molar-refractivity contribution >= 4 is 105 Å². The van der Waals surface area contributed by atoms with Gasteiger partial charge in [-0.15, -0.1) is 34.4 Å². The van der Waals surface area contributed by atoms with E-state index >= 15 is 0 Å². The number of halogens is 7. The van der Waals surface area contributed by atoms with Gasteiger partial charge in [0.1, 0.15) is 62.7 Å². The van der Waals surface area contributed by atoms with E-state index in [2.05, 4.69) is 37.5 Å². The van der Waals surface area contributed by atoms with E-state index in [-0.39, 0.29) is 37.0 Å². The fourth-order valence-electron chi connectivity index (χ4n) is 14.9. The fraction of sp³-hybridized carbons (Fsp3) is 0.316. The van der Waals surface area contributed by atoms with Gasteiger partial charge in [-0.2, -0.15) is 18.3 Å². The number of methoxy groups -OCH3 is 1. The molecule has 0 saturated heterocycles. The van der Waals surface area contributed by atoms with Crippen LogP contribution in [0.1, 0.15) is 187 Å². The van der Waals surface area contributed by atoms with Gasteiger partial charge in [-0.1, -0.05) is 201 Å². The third-order valence-electron chi connectivity index (χ3n) is 23.5. The monoisotopic (exact) mass is 2150 g/mol. The number of aromatic nitrogens is 5. The van der Waals surface area contributed by atoms with E-state index in [1.165, 1.54) is 104 Å². The molecule has 0 fully saturated rings. The Morgan fingerprint density at radius 1 is 0.584 bits per heavy atom. The molecule has 2 atom stereocenters. The predicted molar refractivity (Wildman–Crippen MR) is 573 cm³/mol. The molecule has 0 spiro atoms. The highest BCUT2D eigenvalue weighted by Crippen LogP contribution is 2.39. The number of carboxylic acid groups (broad SMARTS) is 5. The molecular formula is C114H121Cl3F4N6O19S3. The second-order valence-electron chi connectivity index (χ2n) is 35.8. The number of aliphatic carboxylic acids is 5. The average Bonchev–Trinajstić information content (AvgIpc) is 1.75. The molecule has 0 saturated carbocycles. The van der Waals surface area contributed by atoms with Crippen LogP contribution >= 0.6 is 69.2 Å². The number of amides is 1. The highest BCUT2D eigenvalue weighted by molar-refractivity contribution is 7.98. The van der Waals surface area contributed by atoms with Gasteiger partial charge in [0.2, 0.25) is 15.8 Å². The molecule has 149 heavy (non-hydrogen) atoms. The molecule has 4 heterocycles. The van der Waals surface area contributed by atoms with Crippen molar-refractivity contribution in [2.75, 3.05) is 20.3 Å². The summed E-state index contributed by atoms with van der Waals surface area (Å²) in [6, 6.07) is 72.5. The SMILES string of the molecule is CC[C@@H](Cc1ccc(OC)c(C(=O)NCc2ccc(Oc3ccc(F)cc3)cc2)c1)C(=O)O.Cc1cc(SCc2sc(-c3ccc(C(F)(F)F)cc3)nc2C)ccc1OCC(=O)O.Cc1ccc(Cn2nc(CCCc3ccc(OC(C)(C)C(=O)O)cc3)[nH]c2=O)cc1.Cc1oc(-c2cccs2)nc1CCOc1ccc(C[C@](C)(Oc2ccccc2)C(=O)O)cc1.O=C(O)C(Cl)(Cl)CCCCCCCCCCc1ccc(Cl)cc1. The molecule has 0 unspecified atom stereocenters. The number of benzene rings is 10. The van der Waals surface area contributed by atoms with Crippen LogP contribution in [0.3, 0.4) is 0 Å². The largest absolute Gasteiger partial charge is 0.496 e. The van der Waals surface area contributed by atoms with Crippen LogP contribution in [0.5, 0.6) is 40.2 Å². The minimum absolute atomic E-state index is 0.201. The lowest BCUT2D eigenvalue weighted by atomic mass is 9.95. The number of ether oxygens (including phenoxy) is 6. The number of hydrogen-bond acceptors (Lipinski definition) is 20. The minimum Gasteiger partial charge on any atom is -0.496 e. The number of carbonyl (C=O) groups excluding carboxylic acids is 1. The topological polar surface area (TPSA) is 361 Å². The second kappa shape index (κ2) is 57.7. The standard InChI is InChI=1S/C26H26FNO5.C26H25NO5S.C23H27N3O4.C21H18F3NO3S2.C18H25Cl3O2/c1-3-19(26(30)31)14-18-6-13-24(32-2)23(15-18)25(29)28-16-17-4-9-21(10-5-17)33-22-11-7-20(27)8-12-22;1-18-22(27-24(31-18)23-9-6-16-33-23)14-15-30-20-12-10-19(11-13-20)17-26(2,25(28)29)32-21-7-4-3-5-8-21;1-16-7-9-18(10-8-16)15-26-22(29)24-20(25-26)6-4-5-17-11-13-19(14-12-17)30-23(2,3)21(27)28;1-12-9-16(7-8-17(12)28-10-19(26)27)29-11-18-13(2)25-20(30-18)14-3-5-15(6-4-14)21(22,23)24;19-16-12-10-15(11-13-16)9-7-5-3-1-2-4-6-8-14-18(20,21)17(22)23/h4-13,15,19H,3,14,16H2,1-2H3,(H,28,29)(H,30,31);3-13,16H,14-15,17H2,1-2H3,(H,28,29);7-14H,4-6,15H2,1-3H3,(H,27,28)(H,24,25,29);3-9H,10-11H2,1-2H3,(H,26,27);10-13H,1-9,14H2,(H,22,23)/t19-;26-;;;/m00.../s1. The first-order valence-electron chi connectivity index (χ1n) is 48.3. The first kappa shape index (κ1) is 117. The van der Waals surface area contributed by atoms with E-state index in [1.54, 1.807) is 103 Å². The molecule has 14 aromatic rings. The molecule has 0 aliphatic heterocycles. The number of unbranched alkanes of at least 4 members (excludes halogenated alkanes) is 7. The van der Waals surface area contributed by atoms with Gasteiger partial charge in [0, 0.05) is 51.9 Å². The van der Waals surface area contributed by atoms with Gasteiger partial charge in [-0.05, 0) is 278 Å². The third-order valence-corrected chi connectivity index (χ3v) is 27.7. The molecule has 25 nitrogen and oxygen atoms in total. The lowest BCUT2D eigenvalue weighted by molar-refractivity contribution is -0.154. The number of oxazole rings is 1. The Morgan fingerprint density at radius 3 is 1.77 bits per heavy atom.